The molecule has 3 aliphatic carbocycles. The van der Waals surface area contributed by atoms with E-state index in [4.69, 9.17) is 27.9 Å². The van der Waals surface area contributed by atoms with Crippen LogP contribution in [-0.4, -0.2) is 42.1 Å². The summed E-state index contributed by atoms with van der Waals surface area (Å²) in [5.41, 5.74) is 2.05. The Labute approximate surface area is 231 Å². The molecule has 5 nitrogen and oxygen atoms in total. The number of likely N-dealkylation sites (tertiary alicyclic amines) is 1. The Morgan fingerprint density at radius 3 is 2.58 bits per heavy atom. The van der Waals surface area contributed by atoms with E-state index in [0.29, 0.717) is 28.8 Å². The van der Waals surface area contributed by atoms with E-state index in [9.17, 15) is 14.7 Å². The Bertz CT molecular complexity index is 1490. The molecule has 3 aromatic carbocycles. The zero-order valence-corrected chi connectivity index (χ0v) is 22.4. The zero-order chi connectivity index (χ0) is 26.7. The highest BCUT2D eigenvalue weighted by atomic mass is 35.5. The van der Waals surface area contributed by atoms with E-state index in [2.05, 4.69) is 6.07 Å². The van der Waals surface area contributed by atoms with Crippen LogP contribution < -0.4 is 4.74 Å². The Kier molecular flexibility index (Phi) is 6.04. The van der Waals surface area contributed by atoms with Crippen LogP contribution in [0.3, 0.4) is 0 Å². The van der Waals surface area contributed by atoms with Crippen LogP contribution in [0.5, 0.6) is 5.75 Å². The Morgan fingerprint density at radius 1 is 1.05 bits per heavy atom. The molecular formula is C31H27Cl2NO4. The fourth-order valence-corrected chi connectivity index (χ4v) is 8.09. The van der Waals surface area contributed by atoms with E-state index in [0.717, 1.165) is 28.7 Å². The lowest BCUT2D eigenvalue weighted by Gasteiger charge is -2.59. The summed E-state index contributed by atoms with van der Waals surface area (Å²) in [6.45, 7) is 0.471. The number of aliphatic carboxylic acids is 1. The molecule has 0 radical (unpaired) electrons. The van der Waals surface area contributed by atoms with Crippen LogP contribution in [-0.2, 0) is 15.0 Å². The number of halogens is 2. The highest BCUT2D eigenvalue weighted by Crippen LogP contribution is 2.69. The molecule has 7 heteroatoms. The van der Waals surface area contributed by atoms with Crippen molar-refractivity contribution in [3.63, 3.8) is 0 Å². The molecule has 1 N–H and O–H groups in total. The molecular weight excluding hydrogens is 521 g/mol. The van der Waals surface area contributed by atoms with Crippen molar-refractivity contribution in [1.82, 2.24) is 4.90 Å². The number of rotatable bonds is 5. The van der Waals surface area contributed by atoms with Gasteiger partial charge in [-0.2, -0.15) is 0 Å². The maximum atomic E-state index is 13.5. The minimum atomic E-state index is -1.12. The van der Waals surface area contributed by atoms with Gasteiger partial charge >= 0.3 is 5.97 Å². The van der Waals surface area contributed by atoms with Gasteiger partial charge < -0.3 is 14.7 Å². The van der Waals surface area contributed by atoms with Gasteiger partial charge in [0.05, 0.1) is 12.5 Å². The topological polar surface area (TPSA) is 66.8 Å². The molecule has 38 heavy (non-hydrogen) atoms. The highest BCUT2D eigenvalue weighted by Gasteiger charge is 2.71. The van der Waals surface area contributed by atoms with Gasteiger partial charge in [0.15, 0.2) is 0 Å². The lowest BCUT2D eigenvalue weighted by atomic mass is 9.42. The first-order valence-electron chi connectivity index (χ1n) is 12.7. The predicted octanol–water partition coefficient (Wildman–Crippen LogP) is 6.42. The van der Waals surface area contributed by atoms with Crippen molar-refractivity contribution in [1.29, 1.82) is 0 Å². The minimum absolute atomic E-state index is 0.147. The SMILES string of the molecule is COc1ccccc1/C=C/C(=O)N1C[C@H]2[C@]3(c4ccc(Cl)cc4Cl)CC[C@@H](c4ccccc43)[C@@]2(C(=O)O)C1. The average molecular weight is 548 g/mol. The first-order chi connectivity index (χ1) is 18.3. The van der Waals surface area contributed by atoms with Gasteiger partial charge in [0.25, 0.3) is 0 Å². The van der Waals surface area contributed by atoms with Crippen molar-refractivity contribution in [3.05, 3.63) is 105 Å². The van der Waals surface area contributed by atoms with Crippen molar-refractivity contribution in [2.24, 2.45) is 11.3 Å². The normalized spacial score (nSPS) is 27.3. The molecule has 1 saturated heterocycles. The standard InChI is InChI=1S/C31H27Cl2NO4/c1-38-26-9-5-2-6-19(26)10-13-28(35)34-17-27-30(24-12-11-20(32)16-25(24)33)15-14-23(31(27,18-34)29(36)37)21-7-3-4-8-22(21)30/h2-13,16,23,27H,14-15,17-18H2,1H3,(H,36,37)/b13-10+/t23-,27-,30+,31-/m0/s1. The third-order valence-corrected chi connectivity index (χ3v) is 9.55. The van der Waals surface area contributed by atoms with Crippen molar-refractivity contribution >= 4 is 41.2 Å². The van der Waals surface area contributed by atoms with Crippen LogP contribution >= 0.6 is 23.2 Å². The second kappa shape index (κ2) is 9.18. The number of hydrogen-bond acceptors (Lipinski definition) is 3. The van der Waals surface area contributed by atoms with E-state index in [1.807, 2.05) is 54.6 Å². The molecule has 0 aromatic heterocycles. The first kappa shape index (κ1) is 25.0. The number of fused-ring (bicyclic) bond motifs is 1. The van der Waals surface area contributed by atoms with Gasteiger partial charge in [-0.1, -0.05) is 71.7 Å². The monoisotopic (exact) mass is 547 g/mol. The number of carbonyl (C=O) groups excluding carboxylic acids is 1. The summed E-state index contributed by atoms with van der Waals surface area (Å²) in [6, 6.07) is 21.1. The smallest absolute Gasteiger partial charge is 0.312 e. The van der Waals surface area contributed by atoms with E-state index in [1.54, 1.807) is 24.2 Å². The molecule has 1 amide bonds. The van der Waals surface area contributed by atoms with Gasteiger partial charge in [0.2, 0.25) is 5.91 Å². The molecule has 2 fully saturated rings. The summed E-state index contributed by atoms with van der Waals surface area (Å²) in [7, 11) is 1.59. The molecule has 2 bridgehead atoms. The van der Waals surface area contributed by atoms with E-state index in [-0.39, 0.29) is 24.3 Å². The van der Waals surface area contributed by atoms with Gasteiger partial charge in [0, 0.05) is 52.0 Å². The fourth-order valence-electron chi connectivity index (χ4n) is 7.51. The second-order valence-corrected chi connectivity index (χ2v) is 11.3. The summed E-state index contributed by atoms with van der Waals surface area (Å²) in [5, 5.41) is 11.9. The predicted molar refractivity (Wildman–Crippen MR) is 148 cm³/mol. The van der Waals surface area contributed by atoms with Gasteiger partial charge in [-0.05, 0) is 53.8 Å². The number of carbonyl (C=O) groups is 2. The highest BCUT2D eigenvalue weighted by molar-refractivity contribution is 6.35. The lowest BCUT2D eigenvalue weighted by molar-refractivity contribution is -0.157. The number of hydrogen-bond donors (Lipinski definition) is 1. The summed E-state index contributed by atoms with van der Waals surface area (Å²) >= 11 is 13.1. The molecule has 1 saturated carbocycles. The maximum Gasteiger partial charge on any atom is 0.312 e. The van der Waals surface area contributed by atoms with E-state index >= 15 is 0 Å². The fraction of sp³-hybridized carbons (Fsp3) is 0.290. The third kappa shape index (κ3) is 3.45. The van der Waals surface area contributed by atoms with Gasteiger partial charge in [-0.25, -0.2) is 0 Å². The number of benzene rings is 3. The Balaban J connectivity index is 1.47. The number of carboxylic acids is 1. The number of nitrogens with zero attached hydrogens (tertiary/aromatic N) is 1. The average Bonchev–Trinajstić information content (AvgIpc) is 3.36. The summed E-state index contributed by atoms with van der Waals surface area (Å²) in [4.78, 5) is 28.5. The van der Waals surface area contributed by atoms with E-state index in [1.165, 1.54) is 6.08 Å². The summed E-state index contributed by atoms with van der Waals surface area (Å²) < 4.78 is 5.41. The molecule has 4 atom stereocenters. The van der Waals surface area contributed by atoms with Gasteiger partial charge in [0.1, 0.15) is 5.75 Å². The number of methoxy groups -OCH3 is 1. The Morgan fingerprint density at radius 2 is 1.82 bits per heavy atom. The quantitative estimate of drug-likeness (QED) is 0.374. The van der Waals surface area contributed by atoms with Crippen LogP contribution in [0.1, 0.15) is 41.0 Å². The first-order valence-corrected chi connectivity index (χ1v) is 13.5. The molecule has 4 aliphatic rings. The maximum absolute atomic E-state index is 13.5. The van der Waals surface area contributed by atoms with E-state index < -0.39 is 16.8 Å². The molecule has 3 aromatic rings. The second-order valence-electron chi connectivity index (χ2n) is 10.5. The van der Waals surface area contributed by atoms with Crippen LogP contribution in [0.25, 0.3) is 6.08 Å². The van der Waals surface area contributed by atoms with Crippen molar-refractivity contribution < 1.29 is 19.4 Å². The molecule has 0 unspecified atom stereocenters. The molecule has 1 heterocycles. The van der Waals surface area contributed by atoms with Crippen LogP contribution in [0, 0.1) is 11.3 Å². The van der Waals surface area contributed by atoms with Gasteiger partial charge in [-0.3, -0.25) is 9.59 Å². The minimum Gasteiger partial charge on any atom is -0.496 e. The molecule has 1 aliphatic heterocycles. The van der Waals surface area contributed by atoms with Crippen molar-refractivity contribution in [2.75, 3.05) is 20.2 Å². The molecule has 0 spiro atoms. The van der Waals surface area contributed by atoms with Crippen LogP contribution in [0.15, 0.2) is 72.8 Å². The lowest BCUT2D eigenvalue weighted by Crippen LogP contribution is -2.60. The number of ether oxygens (including phenoxy) is 1. The number of carboxylic acid groups (broad SMARTS) is 1. The van der Waals surface area contributed by atoms with Gasteiger partial charge in [-0.15, -0.1) is 0 Å². The number of para-hydroxylation sites is 1. The Hall–Kier alpha value is -3.28. The number of amides is 1. The largest absolute Gasteiger partial charge is 0.496 e. The molecule has 7 rings (SSSR count). The summed E-state index contributed by atoms with van der Waals surface area (Å²) in [5.74, 6) is -0.945. The van der Waals surface area contributed by atoms with Crippen LogP contribution in [0.4, 0.5) is 0 Å². The van der Waals surface area contributed by atoms with Crippen LogP contribution in [0.2, 0.25) is 10.0 Å². The van der Waals surface area contributed by atoms with Crippen molar-refractivity contribution in [3.8, 4) is 5.75 Å². The third-order valence-electron chi connectivity index (χ3n) is 9.00. The molecule has 194 valence electrons. The zero-order valence-electron chi connectivity index (χ0n) is 20.9. The summed E-state index contributed by atoms with van der Waals surface area (Å²) in [6.07, 6.45) is 4.71. The van der Waals surface area contributed by atoms with Crippen molar-refractivity contribution in [2.45, 2.75) is 24.2 Å².